The second kappa shape index (κ2) is 6.99. The molecule has 0 aromatic heterocycles. The molecular weight excluding hydrogens is 256 g/mol. The van der Waals surface area contributed by atoms with Gasteiger partial charge in [-0.05, 0) is 19.4 Å². The van der Waals surface area contributed by atoms with Gasteiger partial charge in [0.25, 0.3) is 0 Å². The third kappa shape index (κ3) is 4.78. The second-order valence-electron chi connectivity index (χ2n) is 3.34. The minimum absolute atomic E-state index is 0.156. The third-order valence-corrected chi connectivity index (χ3v) is 2.56. The Morgan fingerprint density at radius 2 is 1.87 bits per heavy atom. The van der Waals surface area contributed by atoms with Crippen LogP contribution in [0.2, 0.25) is 0 Å². The highest BCUT2D eigenvalue weighted by atomic mass is 79.9. The molecule has 15 heavy (non-hydrogen) atoms. The predicted octanol–water partition coefficient (Wildman–Crippen LogP) is 3.27. The molecule has 0 heterocycles. The fourth-order valence-electron chi connectivity index (χ4n) is 1.20. The van der Waals surface area contributed by atoms with E-state index in [4.69, 9.17) is 9.47 Å². The van der Waals surface area contributed by atoms with Crippen LogP contribution in [0.1, 0.15) is 18.1 Å². The molecule has 1 unspecified atom stereocenters. The fraction of sp³-hybridized carbons (Fsp3) is 0.500. The van der Waals surface area contributed by atoms with E-state index >= 15 is 0 Å². The number of hydrogen-bond acceptors (Lipinski definition) is 2. The second-order valence-corrected chi connectivity index (χ2v) is 3.98. The number of ether oxygens (including phenoxy) is 2. The van der Waals surface area contributed by atoms with E-state index in [-0.39, 0.29) is 6.29 Å². The summed E-state index contributed by atoms with van der Waals surface area (Å²) >= 11 is 3.35. The molecule has 0 N–H and O–H groups in total. The summed E-state index contributed by atoms with van der Waals surface area (Å²) in [5.41, 5.74) is 2.44. The first-order valence-corrected chi connectivity index (χ1v) is 6.23. The number of benzene rings is 1. The monoisotopic (exact) mass is 272 g/mol. The average molecular weight is 273 g/mol. The van der Waals surface area contributed by atoms with Crippen molar-refractivity contribution in [2.75, 3.05) is 11.9 Å². The van der Waals surface area contributed by atoms with Crippen LogP contribution in [-0.4, -0.2) is 18.2 Å². The Morgan fingerprint density at radius 1 is 1.20 bits per heavy atom. The van der Waals surface area contributed by atoms with Crippen LogP contribution >= 0.6 is 15.9 Å². The van der Waals surface area contributed by atoms with Gasteiger partial charge in [0.05, 0.1) is 11.9 Å². The molecule has 0 saturated carbocycles. The molecule has 0 aliphatic carbocycles. The molecule has 0 amide bonds. The lowest BCUT2D eigenvalue weighted by molar-refractivity contribution is -0.130. The normalized spacial score (nSPS) is 12.7. The Bertz CT molecular complexity index is 271. The number of alkyl halides is 1. The van der Waals surface area contributed by atoms with E-state index in [1.807, 2.05) is 6.92 Å². The highest BCUT2D eigenvalue weighted by Gasteiger charge is 2.06. The van der Waals surface area contributed by atoms with E-state index in [0.717, 1.165) is 0 Å². The summed E-state index contributed by atoms with van der Waals surface area (Å²) in [6.45, 7) is 5.30. The molecule has 0 radical (unpaired) electrons. The van der Waals surface area contributed by atoms with E-state index < -0.39 is 0 Å². The molecule has 1 aromatic carbocycles. The van der Waals surface area contributed by atoms with Crippen molar-refractivity contribution in [2.24, 2.45) is 0 Å². The van der Waals surface area contributed by atoms with Crippen molar-refractivity contribution in [3.63, 3.8) is 0 Å². The first-order valence-electron chi connectivity index (χ1n) is 5.11. The SMILES string of the molecule is CCOC(CBr)OCc1ccc(C)cc1. The largest absolute Gasteiger partial charge is 0.352 e. The number of aryl methyl sites for hydroxylation is 1. The van der Waals surface area contributed by atoms with Gasteiger partial charge in [-0.1, -0.05) is 45.8 Å². The maximum Gasteiger partial charge on any atom is 0.167 e. The summed E-state index contributed by atoms with van der Waals surface area (Å²) in [5, 5.41) is 0.701. The molecule has 1 aromatic rings. The smallest absolute Gasteiger partial charge is 0.167 e. The first kappa shape index (κ1) is 12.7. The van der Waals surface area contributed by atoms with Crippen molar-refractivity contribution >= 4 is 15.9 Å². The quantitative estimate of drug-likeness (QED) is 0.585. The predicted molar refractivity (Wildman–Crippen MR) is 65.2 cm³/mol. The van der Waals surface area contributed by atoms with Crippen molar-refractivity contribution in [2.45, 2.75) is 26.7 Å². The van der Waals surface area contributed by atoms with Crippen molar-refractivity contribution in [1.29, 1.82) is 0 Å². The minimum atomic E-state index is -0.156. The van der Waals surface area contributed by atoms with Gasteiger partial charge in [-0.3, -0.25) is 0 Å². The van der Waals surface area contributed by atoms with Gasteiger partial charge in [-0.15, -0.1) is 0 Å². The van der Waals surface area contributed by atoms with Crippen molar-refractivity contribution < 1.29 is 9.47 Å². The maximum atomic E-state index is 5.59. The zero-order chi connectivity index (χ0) is 11.1. The van der Waals surface area contributed by atoms with Gasteiger partial charge in [0.2, 0.25) is 0 Å². The Hall–Kier alpha value is -0.380. The van der Waals surface area contributed by atoms with Crippen LogP contribution in [0.5, 0.6) is 0 Å². The van der Waals surface area contributed by atoms with Gasteiger partial charge in [0, 0.05) is 6.61 Å². The molecule has 0 aliphatic heterocycles. The van der Waals surface area contributed by atoms with Gasteiger partial charge in [-0.2, -0.15) is 0 Å². The Balaban J connectivity index is 2.38. The fourth-order valence-corrected chi connectivity index (χ4v) is 1.57. The van der Waals surface area contributed by atoms with Crippen molar-refractivity contribution in [3.05, 3.63) is 35.4 Å². The van der Waals surface area contributed by atoms with E-state index in [0.29, 0.717) is 18.5 Å². The Kier molecular flexibility index (Phi) is 5.91. The van der Waals surface area contributed by atoms with Crippen LogP contribution in [0.3, 0.4) is 0 Å². The van der Waals surface area contributed by atoms with Gasteiger partial charge in [0.1, 0.15) is 0 Å². The minimum Gasteiger partial charge on any atom is -0.352 e. The van der Waals surface area contributed by atoms with Gasteiger partial charge >= 0.3 is 0 Å². The van der Waals surface area contributed by atoms with Crippen LogP contribution in [0.25, 0.3) is 0 Å². The van der Waals surface area contributed by atoms with Crippen LogP contribution in [0, 0.1) is 6.92 Å². The van der Waals surface area contributed by atoms with Crippen molar-refractivity contribution in [3.8, 4) is 0 Å². The Labute approximate surface area is 99.7 Å². The highest BCUT2D eigenvalue weighted by Crippen LogP contribution is 2.08. The summed E-state index contributed by atoms with van der Waals surface area (Å²) in [6, 6.07) is 8.32. The lowest BCUT2D eigenvalue weighted by Crippen LogP contribution is -2.18. The van der Waals surface area contributed by atoms with E-state index in [1.54, 1.807) is 0 Å². The summed E-state index contributed by atoms with van der Waals surface area (Å²) in [6.07, 6.45) is -0.156. The molecule has 0 aliphatic rings. The lowest BCUT2D eigenvalue weighted by Gasteiger charge is -2.15. The summed E-state index contributed by atoms with van der Waals surface area (Å²) in [7, 11) is 0. The number of rotatable bonds is 6. The molecule has 0 saturated heterocycles. The highest BCUT2D eigenvalue weighted by molar-refractivity contribution is 9.09. The molecular formula is C12H17BrO2. The van der Waals surface area contributed by atoms with Gasteiger partial charge in [-0.25, -0.2) is 0 Å². The third-order valence-electron chi connectivity index (χ3n) is 2.04. The topological polar surface area (TPSA) is 18.5 Å². The molecule has 1 atom stereocenters. The van der Waals surface area contributed by atoms with Gasteiger partial charge in [0.15, 0.2) is 6.29 Å². The zero-order valence-corrected chi connectivity index (χ0v) is 10.8. The van der Waals surface area contributed by atoms with E-state index in [9.17, 15) is 0 Å². The number of halogens is 1. The molecule has 0 spiro atoms. The molecule has 0 bridgehead atoms. The molecule has 3 heteroatoms. The molecule has 1 rings (SSSR count). The standard InChI is InChI=1S/C12H17BrO2/c1-3-14-12(8-13)15-9-11-6-4-10(2)5-7-11/h4-7,12H,3,8-9H2,1-2H3. The molecule has 2 nitrogen and oxygen atoms in total. The molecule has 0 fully saturated rings. The number of hydrogen-bond donors (Lipinski definition) is 0. The average Bonchev–Trinajstić information content (AvgIpc) is 2.26. The summed E-state index contributed by atoms with van der Waals surface area (Å²) in [5.74, 6) is 0. The first-order chi connectivity index (χ1) is 7.26. The summed E-state index contributed by atoms with van der Waals surface area (Å²) < 4.78 is 11.0. The molecule has 84 valence electrons. The lowest BCUT2D eigenvalue weighted by atomic mass is 10.2. The van der Waals surface area contributed by atoms with Crippen LogP contribution in [0.4, 0.5) is 0 Å². The van der Waals surface area contributed by atoms with E-state index in [2.05, 4.69) is 47.1 Å². The van der Waals surface area contributed by atoms with Crippen LogP contribution < -0.4 is 0 Å². The maximum absolute atomic E-state index is 5.59. The van der Waals surface area contributed by atoms with Crippen LogP contribution in [-0.2, 0) is 16.1 Å². The summed E-state index contributed by atoms with van der Waals surface area (Å²) in [4.78, 5) is 0. The van der Waals surface area contributed by atoms with Crippen molar-refractivity contribution in [1.82, 2.24) is 0 Å². The van der Waals surface area contributed by atoms with Gasteiger partial charge < -0.3 is 9.47 Å². The Morgan fingerprint density at radius 3 is 2.40 bits per heavy atom. The zero-order valence-electron chi connectivity index (χ0n) is 9.20. The van der Waals surface area contributed by atoms with Crippen LogP contribution in [0.15, 0.2) is 24.3 Å². The van der Waals surface area contributed by atoms with E-state index in [1.165, 1.54) is 11.1 Å².